The molecule has 108 valence electrons. The van der Waals surface area contributed by atoms with Crippen LogP contribution in [0.5, 0.6) is 5.75 Å². The maximum atomic E-state index is 11.6. The van der Waals surface area contributed by atoms with Crippen molar-refractivity contribution in [1.29, 1.82) is 0 Å². The average molecular weight is 304 g/mol. The van der Waals surface area contributed by atoms with Crippen molar-refractivity contribution in [1.82, 2.24) is 0 Å². The molecular weight excluding hydrogens is 290 g/mol. The van der Waals surface area contributed by atoms with Gasteiger partial charge in [-0.1, -0.05) is 17.7 Å². The molecular formula is C16H14ClNO3. The summed E-state index contributed by atoms with van der Waals surface area (Å²) >= 11 is 5.87. The Morgan fingerprint density at radius 2 is 2.14 bits per heavy atom. The van der Waals surface area contributed by atoms with Crippen LogP contribution in [0.3, 0.4) is 0 Å². The monoisotopic (exact) mass is 303 g/mol. The van der Waals surface area contributed by atoms with Gasteiger partial charge in [0.25, 0.3) is 0 Å². The number of benzene rings is 2. The lowest BCUT2D eigenvalue weighted by molar-refractivity contribution is 0.0526. The predicted molar refractivity (Wildman–Crippen MR) is 82.8 cm³/mol. The van der Waals surface area contributed by atoms with Crippen molar-refractivity contribution in [3.05, 3.63) is 58.6 Å². The van der Waals surface area contributed by atoms with Crippen LogP contribution in [0.4, 0.5) is 5.69 Å². The maximum Gasteiger partial charge on any atom is 0.338 e. The van der Waals surface area contributed by atoms with Gasteiger partial charge in [0.2, 0.25) is 0 Å². The molecule has 0 bridgehead atoms. The van der Waals surface area contributed by atoms with Crippen molar-refractivity contribution >= 4 is 29.5 Å². The summed E-state index contributed by atoms with van der Waals surface area (Å²) in [6.45, 7) is 2.07. The first kappa shape index (κ1) is 15.1. The first-order valence-corrected chi connectivity index (χ1v) is 6.77. The largest absolute Gasteiger partial charge is 0.507 e. The van der Waals surface area contributed by atoms with Crippen molar-refractivity contribution in [2.24, 2.45) is 4.99 Å². The highest BCUT2D eigenvalue weighted by molar-refractivity contribution is 6.30. The number of aliphatic imine (C=N–C) groups is 1. The highest BCUT2D eigenvalue weighted by atomic mass is 35.5. The minimum atomic E-state index is -0.389. The molecule has 0 atom stereocenters. The molecule has 0 aliphatic rings. The van der Waals surface area contributed by atoms with Crippen LogP contribution in [0, 0.1) is 0 Å². The Morgan fingerprint density at radius 1 is 1.33 bits per heavy atom. The van der Waals surface area contributed by atoms with Gasteiger partial charge in [-0.15, -0.1) is 0 Å². The molecule has 1 N–H and O–H groups in total. The fourth-order valence-corrected chi connectivity index (χ4v) is 1.88. The third-order valence-electron chi connectivity index (χ3n) is 2.70. The van der Waals surface area contributed by atoms with Gasteiger partial charge in [0, 0.05) is 16.8 Å². The Labute approximate surface area is 127 Å². The third kappa shape index (κ3) is 4.07. The molecule has 2 rings (SSSR count). The molecule has 0 unspecified atom stereocenters. The second-order valence-corrected chi connectivity index (χ2v) is 4.67. The summed E-state index contributed by atoms with van der Waals surface area (Å²) in [5.74, 6) is -0.301. The van der Waals surface area contributed by atoms with Crippen LogP contribution < -0.4 is 0 Å². The first-order chi connectivity index (χ1) is 10.1. The summed E-state index contributed by atoms with van der Waals surface area (Å²) in [6, 6.07) is 11.4. The molecule has 0 aliphatic heterocycles. The Hall–Kier alpha value is -2.33. The van der Waals surface area contributed by atoms with Crippen LogP contribution in [0.1, 0.15) is 22.8 Å². The lowest BCUT2D eigenvalue weighted by Crippen LogP contribution is -2.03. The zero-order valence-electron chi connectivity index (χ0n) is 11.4. The van der Waals surface area contributed by atoms with E-state index in [4.69, 9.17) is 16.3 Å². The van der Waals surface area contributed by atoms with Crippen LogP contribution in [0.25, 0.3) is 0 Å². The minimum Gasteiger partial charge on any atom is -0.507 e. The predicted octanol–water partition coefficient (Wildman–Crippen LogP) is 3.97. The van der Waals surface area contributed by atoms with Gasteiger partial charge in [-0.05, 0) is 43.3 Å². The molecule has 0 aromatic heterocycles. The summed E-state index contributed by atoms with van der Waals surface area (Å²) < 4.78 is 4.93. The van der Waals surface area contributed by atoms with Crippen LogP contribution in [-0.2, 0) is 4.74 Å². The fourth-order valence-electron chi connectivity index (χ4n) is 1.70. The number of carbonyl (C=O) groups excluding carboxylic acids is 1. The molecule has 5 heteroatoms. The van der Waals surface area contributed by atoms with Gasteiger partial charge < -0.3 is 9.84 Å². The van der Waals surface area contributed by atoms with E-state index in [-0.39, 0.29) is 11.7 Å². The molecule has 2 aromatic rings. The fraction of sp³-hybridized carbons (Fsp3) is 0.125. The molecule has 21 heavy (non-hydrogen) atoms. The Balaban J connectivity index is 2.23. The van der Waals surface area contributed by atoms with Crippen molar-refractivity contribution in [2.75, 3.05) is 6.61 Å². The Kier molecular flexibility index (Phi) is 4.95. The second-order valence-electron chi connectivity index (χ2n) is 4.23. The van der Waals surface area contributed by atoms with E-state index in [1.807, 2.05) is 0 Å². The normalized spacial score (nSPS) is 10.8. The van der Waals surface area contributed by atoms with E-state index < -0.39 is 0 Å². The highest BCUT2D eigenvalue weighted by Gasteiger charge is 2.06. The number of nitrogens with zero attached hydrogens (tertiary/aromatic N) is 1. The van der Waals surface area contributed by atoms with Gasteiger partial charge in [0.15, 0.2) is 0 Å². The second kappa shape index (κ2) is 6.90. The first-order valence-electron chi connectivity index (χ1n) is 6.40. The summed E-state index contributed by atoms with van der Waals surface area (Å²) in [5, 5.41) is 10.2. The highest BCUT2D eigenvalue weighted by Crippen LogP contribution is 2.21. The molecule has 0 amide bonds. The standard InChI is InChI=1S/C16H14ClNO3/c1-2-21-16(20)11-4-3-5-14(9-11)18-10-12-8-13(17)6-7-15(12)19/h3-10,19H,2H2,1H3. The van der Waals surface area contributed by atoms with E-state index in [0.717, 1.165) is 0 Å². The van der Waals surface area contributed by atoms with Gasteiger partial charge in [-0.25, -0.2) is 4.79 Å². The van der Waals surface area contributed by atoms with Crippen LogP contribution in [0.2, 0.25) is 5.02 Å². The summed E-state index contributed by atoms with van der Waals surface area (Å²) in [7, 11) is 0. The summed E-state index contributed by atoms with van der Waals surface area (Å²) in [4.78, 5) is 15.9. The number of esters is 1. The Morgan fingerprint density at radius 3 is 2.90 bits per heavy atom. The number of phenols is 1. The van der Waals surface area contributed by atoms with Gasteiger partial charge in [0.1, 0.15) is 5.75 Å². The van der Waals surface area contributed by atoms with Crippen molar-refractivity contribution in [3.8, 4) is 5.75 Å². The van der Waals surface area contributed by atoms with E-state index >= 15 is 0 Å². The molecule has 4 nitrogen and oxygen atoms in total. The van der Waals surface area contributed by atoms with E-state index in [1.54, 1.807) is 43.3 Å². The molecule has 2 aromatic carbocycles. The van der Waals surface area contributed by atoms with Crippen LogP contribution in [-0.4, -0.2) is 23.9 Å². The number of carbonyl (C=O) groups is 1. The van der Waals surface area contributed by atoms with Crippen molar-refractivity contribution in [3.63, 3.8) is 0 Å². The van der Waals surface area contributed by atoms with Gasteiger partial charge in [-0.3, -0.25) is 4.99 Å². The molecule has 0 aliphatic carbocycles. The molecule has 0 fully saturated rings. The summed E-state index contributed by atoms with van der Waals surface area (Å²) in [5.41, 5.74) is 1.52. The maximum absolute atomic E-state index is 11.6. The van der Waals surface area contributed by atoms with Crippen molar-refractivity contribution in [2.45, 2.75) is 6.92 Å². The molecule has 0 saturated heterocycles. The number of hydrogen-bond acceptors (Lipinski definition) is 4. The van der Waals surface area contributed by atoms with Gasteiger partial charge >= 0.3 is 5.97 Å². The van der Waals surface area contributed by atoms with Gasteiger partial charge in [-0.2, -0.15) is 0 Å². The molecule has 0 radical (unpaired) electrons. The quantitative estimate of drug-likeness (QED) is 0.686. The van der Waals surface area contributed by atoms with E-state index in [0.29, 0.717) is 28.4 Å². The number of rotatable bonds is 4. The SMILES string of the molecule is CCOC(=O)c1cccc(N=Cc2cc(Cl)ccc2O)c1. The Bertz CT molecular complexity index is 683. The number of aromatic hydroxyl groups is 1. The molecule has 0 saturated carbocycles. The minimum absolute atomic E-state index is 0.0877. The lowest BCUT2D eigenvalue weighted by Gasteiger charge is -2.02. The average Bonchev–Trinajstić information content (AvgIpc) is 2.49. The summed E-state index contributed by atoms with van der Waals surface area (Å²) in [6.07, 6.45) is 1.49. The zero-order valence-corrected chi connectivity index (χ0v) is 12.2. The topological polar surface area (TPSA) is 58.9 Å². The van der Waals surface area contributed by atoms with E-state index in [1.165, 1.54) is 12.3 Å². The number of halogens is 1. The van der Waals surface area contributed by atoms with E-state index in [2.05, 4.69) is 4.99 Å². The smallest absolute Gasteiger partial charge is 0.338 e. The van der Waals surface area contributed by atoms with Crippen LogP contribution in [0.15, 0.2) is 47.5 Å². The number of hydrogen-bond donors (Lipinski definition) is 1. The number of phenolic OH excluding ortho intramolecular Hbond substituents is 1. The zero-order chi connectivity index (χ0) is 15.2. The third-order valence-corrected chi connectivity index (χ3v) is 2.93. The molecule has 0 spiro atoms. The molecule has 0 heterocycles. The number of ether oxygens (including phenoxy) is 1. The van der Waals surface area contributed by atoms with Gasteiger partial charge in [0.05, 0.1) is 17.9 Å². The van der Waals surface area contributed by atoms with E-state index in [9.17, 15) is 9.90 Å². The van der Waals surface area contributed by atoms with Crippen molar-refractivity contribution < 1.29 is 14.6 Å². The van der Waals surface area contributed by atoms with Crippen LogP contribution >= 0.6 is 11.6 Å². The lowest BCUT2D eigenvalue weighted by atomic mass is 10.2.